The van der Waals surface area contributed by atoms with Crippen molar-refractivity contribution in [2.75, 3.05) is 0 Å². The fourth-order valence-electron chi connectivity index (χ4n) is 2.71. The van der Waals surface area contributed by atoms with Gasteiger partial charge < -0.3 is 5.11 Å². The van der Waals surface area contributed by atoms with Crippen LogP contribution in [0, 0.1) is 22.7 Å². The summed E-state index contributed by atoms with van der Waals surface area (Å²) in [6.07, 6.45) is 0.994. The molecule has 0 aromatic carbocycles. The van der Waals surface area contributed by atoms with Gasteiger partial charge in [0.25, 0.3) is 0 Å². The number of aliphatic hydroxyl groups excluding tert-OH is 1. The molecule has 1 N–H and O–H groups in total. The summed E-state index contributed by atoms with van der Waals surface area (Å²) in [5.74, 6) is 1.18. The van der Waals surface area contributed by atoms with Crippen molar-refractivity contribution in [2.45, 2.75) is 54.1 Å². The molecule has 1 saturated carbocycles. The second kappa shape index (κ2) is 2.98. The van der Waals surface area contributed by atoms with Crippen molar-refractivity contribution in [1.82, 2.24) is 0 Å². The Hall–Kier alpha value is -0.0400. The maximum Gasteiger partial charge on any atom is 0.0649 e. The molecule has 0 aliphatic heterocycles. The molecule has 3 atom stereocenters. The van der Waals surface area contributed by atoms with Crippen molar-refractivity contribution in [2.24, 2.45) is 22.7 Å². The van der Waals surface area contributed by atoms with E-state index in [0.717, 1.165) is 6.42 Å². The third-order valence-corrected chi connectivity index (χ3v) is 4.66. The zero-order valence-electron chi connectivity index (χ0n) is 9.89. The van der Waals surface area contributed by atoms with Gasteiger partial charge in [-0.2, -0.15) is 0 Å². The van der Waals surface area contributed by atoms with Crippen LogP contribution in [-0.2, 0) is 0 Å². The van der Waals surface area contributed by atoms with Crippen LogP contribution in [0.2, 0.25) is 0 Å². The SMILES string of the molecule is CC1CC(C)(C(C)C)C(O)C1(C)C. The van der Waals surface area contributed by atoms with Gasteiger partial charge in [-0.05, 0) is 29.1 Å². The molecule has 1 rings (SSSR count). The highest BCUT2D eigenvalue weighted by atomic mass is 16.3. The first-order valence-electron chi connectivity index (χ1n) is 5.41. The van der Waals surface area contributed by atoms with Crippen molar-refractivity contribution in [3.63, 3.8) is 0 Å². The number of hydrogen-bond acceptors (Lipinski definition) is 1. The predicted molar refractivity (Wildman–Crippen MR) is 56.5 cm³/mol. The van der Waals surface area contributed by atoms with Gasteiger partial charge in [-0.15, -0.1) is 0 Å². The van der Waals surface area contributed by atoms with Gasteiger partial charge in [0.15, 0.2) is 0 Å². The summed E-state index contributed by atoms with van der Waals surface area (Å²) in [7, 11) is 0. The Morgan fingerprint density at radius 1 is 1.23 bits per heavy atom. The smallest absolute Gasteiger partial charge is 0.0649 e. The van der Waals surface area contributed by atoms with E-state index in [1.165, 1.54) is 0 Å². The Morgan fingerprint density at radius 2 is 1.69 bits per heavy atom. The van der Waals surface area contributed by atoms with E-state index in [9.17, 15) is 5.11 Å². The Balaban J connectivity index is 2.97. The van der Waals surface area contributed by atoms with Gasteiger partial charge in [-0.1, -0.05) is 41.5 Å². The first-order chi connectivity index (χ1) is 5.73. The van der Waals surface area contributed by atoms with Gasteiger partial charge in [-0.3, -0.25) is 0 Å². The molecule has 1 fully saturated rings. The van der Waals surface area contributed by atoms with Crippen molar-refractivity contribution < 1.29 is 5.11 Å². The Bertz CT molecular complexity index is 195. The number of hydrogen-bond donors (Lipinski definition) is 1. The van der Waals surface area contributed by atoms with Gasteiger partial charge in [-0.25, -0.2) is 0 Å². The van der Waals surface area contributed by atoms with Crippen molar-refractivity contribution >= 4 is 0 Å². The molecule has 0 aromatic rings. The highest BCUT2D eigenvalue weighted by Crippen LogP contribution is 2.55. The molecule has 1 aliphatic carbocycles. The van der Waals surface area contributed by atoms with E-state index in [4.69, 9.17) is 0 Å². The number of rotatable bonds is 1. The third kappa shape index (κ3) is 1.41. The van der Waals surface area contributed by atoms with Crippen LogP contribution in [0.1, 0.15) is 48.0 Å². The second-order valence-electron chi connectivity index (χ2n) is 5.99. The van der Waals surface area contributed by atoms with Crippen molar-refractivity contribution in [3.8, 4) is 0 Å². The number of aliphatic hydroxyl groups is 1. The monoisotopic (exact) mass is 184 g/mol. The lowest BCUT2D eigenvalue weighted by Crippen LogP contribution is -2.39. The van der Waals surface area contributed by atoms with Crippen LogP contribution in [0.5, 0.6) is 0 Å². The molecule has 1 aliphatic rings. The topological polar surface area (TPSA) is 20.2 Å². The standard InChI is InChI=1S/C12H24O/c1-8(2)12(6)7-9(3)11(4,5)10(12)13/h8-10,13H,7H2,1-6H3. The van der Waals surface area contributed by atoms with E-state index in [2.05, 4.69) is 41.5 Å². The lowest BCUT2D eigenvalue weighted by molar-refractivity contribution is -0.0277. The summed E-state index contributed by atoms with van der Waals surface area (Å²) >= 11 is 0. The van der Waals surface area contributed by atoms with E-state index in [0.29, 0.717) is 11.8 Å². The summed E-state index contributed by atoms with van der Waals surface area (Å²) in [4.78, 5) is 0. The van der Waals surface area contributed by atoms with E-state index < -0.39 is 0 Å². The van der Waals surface area contributed by atoms with Crippen LogP contribution in [0.4, 0.5) is 0 Å². The molecule has 0 aromatic heterocycles. The molecular formula is C12H24O. The van der Waals surface area contributed by atoms with E-state index in [1.54, 1.807) is 0 Å². The first kappa shape index (κ1) is 11.0. The zero-order valence-corrected chi connectivity index (χ0v) is 9.89. The quantitative estimate of drug-likeness (QED) is 0.664. The largest absolute Gasteiger partial charge is 0.392 e. The van der Waals surface area contributed by atoms with Gasteiger partial charge in [0.2, 0.25) is 0 Å². The molecule has 0 spiro atoms. The fourth-order valence-corrected chi connectivity index (χ4v) is 2.71. The lowest BCUT2D eigenvalue weighted by Gasteiger charge is -2.37. The predicted octanol–water partition coefficient (Wildman–Crippen LogP) is 3.08. The Labute approximate surface area is 82.5 Å². The van der Waals surface area contributed by atoms with Crippen LogP contribution in [0.3, 0.4) is 0 Å². The highest BCUT2D eigenvalue weighted by molar-refractivity contribution is 5.03. The lowest BCUT2D eigenvalue weighted by atomic mass is 9.72. The maximum atomic E-state index is 10.3. The van der Waals surface area contributed by atoms with Crippen LogP contribution in [0.25, 0.3) is 0 Å². The molecule has 3 unspecified atom stereocenters. The summed E-state index contributed by atoms with van der Waals surface area (Å²) in [6, 6.07) is 0. The normalized spacial score (nSPS) is 44.3. The van der Waals surface area contributed by atoms with Crippen LogP contribution >= 0.6 is 0 Å². The molecule has 78 valence electrons. The molecule has 0 heterocycles. The molecule has 13 heavy (non-hydrogen) atoms. The first-order valence-corrected chi connectivity index (χ1v) is 5.41. The molecule has 0 amide bonds. The van der Waals surface area contributed by atoms with E-state index in [-0.39, 0.29) is 16.9 Å². The second-order valence-corrected chi connectivity index (χ2v) is 5.99. The van der Waals surface area contributed by atoms with E-state index >= 15 is 0 Å². The molecule has 1 nitrogen and oxygen atoms in total. The van der Waals surface area contributed by atoms with Crippen LogP contribution in [0.15, 0.2) is 0 Å². The minimum Gasteiger partial charge on any atom is -0.392 e. The summed E-state index contributed by atoms with van der Waals surface area (Å²) in [5.41, 5.74) is 0.196. The molecular weight excluding hydrogens is 160 g/mol. The third-order valence-electron chi connectivity index (χ3n) is 4.66. The highest BCUT2D eigenvalue weighted by Gasteiger charge is 2.54. The van der Waals surface area contributed by atoms with Gasteiger partial charge in [0, 0.05) is 0 Å². The van der Waals surface area contributed by atoms with Gasteiger partial charge in [0.1, 0.15) is 0 Å². The zero-order chi connectivity index (χ0) is 10.4. The Kier molecular flexibility index (Phi) is 2.53. The minimum absolute atomic E-state index is 0.0824. The summed E-state index contributed by atoms with van der Waals surface area (Å²) in [5, 5.41) is 10.3. The van der Waals surface area contributed by atoms with Crippen LogP contribution < -0.4 is 0 Å². The molecule has 0 radical (unpaired) electrons. The summed E-state index contributed by atoms with van der Waals surface area (Å²) < 4.78 is 0. The fraction of sp³-hybridized carbons (Fsp3) is 1.00. The van der Waals surface area contributed by atoms with Crippen molar-refractivity contribution in [1.29, 1.82) is 0 Å². The van der Waals surface area contributed by atoms with E-state index in [1.807, 2.05) is 0 Å². The summed E-state index contributed by atoms with van der Waals surface area (Å²) in [6.45, 7) is 13.3. The minimum atomic E-state index is -0.157. The molecule has 1 heteroatoms. The molecule has 0 saturated heterocycles. The van der Waals surface area contributed by atoms with Crippen LogP contribution in [-0.4, -0.2) is 11.2 Å². The average Bonchev–Trinajstić information content (AvgIpc) is 2.14. The average molecular weight is 184 g/mol. The van der Waals surface area contributed by atoms with Gasteiger partial charge >= 0.3 is 0 Å². The van der Waals surface area contributed by atoms with Gasteiger partial charge in [0.05, 0.1) is 6.10 Å². The Morgan fingerprint density at radius 3 is 1.85 bits per heavy atom. The molecule has 0 bridgehead atoms. The van der Waals surface area contributed by atoms with Crippen molar-refractivity contribution in [3.05, 3.63) is 0 Å². The maximum absolute atomic E-state index is 10.3.